The molecule has 3 heterocycles. The molecular formula is C20H22FN5O3. The van der Waals surface area contributed by atoms with Gasteiger partial charge in [-0.15, -0.1) is 0 Å². The van der Waals surface area contributed by atoms with Crippen LogP contribution < -0.4 is 11.1 Å². The van der Waals surface area contributed by atoms with Gasteiger partial charge in [0.2, 0.25) is 0 Å². The fourth-order valence-electron chi connectivity index (χ4n) is 4.18. The molecule has 1 aliphatic heterocycles. The highest BCUT2D eigenvalue weighted by Crippen LogP contribution is 2.34. The summed E-state index contributed by atoms with van der Waals surface area (Å²) in [5.41, 5.74) is 6.90. The van der Waals surface area contributed by atoms with Crippen molar-refractivity contribution < 1.29 is 19.1 Å². The van der Waals surface area contributed by atoms with Gasteiger partial charge in [-0.2, -0.15) is 0 Å². The number of anilines is 1. The Labute approximate surface area is 165 Å². The number of hydrogen-bond donors (Lipinski definition) is 4. The van der Waals surface area contributed by atoms with E-state index in [2.05, 4.69) is 15.3 Å². The zero-order valence-corrected chi connectivity index (χ0v) is 15.9. The van der Waals surface area contributed by atoms with Gasteiger partial charge in [0, 0.05) is 35.7 Å². The summed E-state index contributed by atoms with van der Waals surface area (Å²) < 4.78 is 13.9. The van der Waals surface area contributed by atoms with Gasteiger partial charge in [-0.05, 0) is 37.5 Å². The molecule has 0 bridgehead atoms. The summed E-state index contributed by atoms with van der Waals surface area (Å²) in [7, 11) is 0. The van der Waals surface area contributed by atoms with Crippen LogP contribution in [0.3, 0.4) is 0 Å². The molecule has 2 aromatic heterocycles. The number of aromatic amines is 1. The Morgan fingerprint density at radius 2 is 2.24 bits per heavy atom. The number of carboxylic acid groups (broad SMARTS) is 1. The summed E-state index contributed by atoms with van der Waals surface area (Å²) in [4.78, 5) is 32.3. The molecule has 1 aromatic carbocycles. The van der Waals surface area contributed by atoms with Gasteiger partial charge >= 0.3 is 6.09 Å². The fourth-order valence-corrected chi connectivity index (χ4v) is 4.18. The molecule has 2 atom stereocenters. The van der Waals surface area contributed by atoms with Crippen LogP contribution in [0.15, 0.2) is 24.4 Å². The number of fused-ring (bicyclic) bond motifs is 3. The number of pyridine rings is 1. The number of likely N-dealkylation sites (tertiary alicyclic amines) is 1. The Morgan fingerprint density at radius 1 is 1.45 bits per heavy atom. The minimum absolute atomic E-state index is 0.00388. The number of carbonyl (C=O) groups is 2. The van der Waals surface area contributed by atoms with Gasteiger partial charge in [0.15, 0.2) is 0 Å². The van der Waals surface area contributed by atoms with E-state index in [1.54, 1.807) is 6.07 Å². The van der Waals surface area contributed by atoms with E-state index in [1.807, 2.05) is 6.92 Å². The standard InChI is InChI=1S/C20H22FN5O3/c1-2-12-8-11(5-6-26(12)20(28)29)24-19-16-13-7-10(21)3-4-15(13)25-17(16)14(9-23-19)18(22)27/h3-4,7,9,11-12,25H,2,5-6,8H2,1H3,(H2,22,27)(H,23,24)(H,28,29). The van der Waals surface area contributed by atoms with E-state index in [0.717, 1.165) is 0 Å². The van der Waals surface area contributed by atoms with Crippen LogP contribution in [-0.2, 0) is 0 Å². The normalized spacial score (nSPS) is 19.6. The number of nitrogens with two attached hydrogens (primary N) is 1. The fraction of sp³-hybridized carbons (Fsp3) is 0.350. The molecule has 1 fully saturated rings. The Kier molecular flexibility index (Phi) is 4.73. The lowest BCUT2D eigenvalue weighted by Crippen LogP contribution is -2.48. The van der Waals surface area contributed by atoms with Gasteiger partial charge in [-0.3, -0.25) is 4.79 Å². The second-order valence-corrected chi connectivity index (χ2v) is 7.35. The largest absolute Gasteiger partial charge is 0.465 e. The molecule has 4 rings (SSSR count). The molecule has 9 heteroatoms. The number of piperidine rings is 1. The molecule has 3 aromatic rings. The predicted octanol–water partition coefficient (Wildman–Crippen LogP) is 3.29. The van der Waals surface area contributed by atoms with Gasteiger partial charge in [0.1, 0.15) is 11.6 Å². The Hall–Kier alpha value is -3.36. The predicted molar refractivity (Wildman–Crippen MR) is 108 cm³/mol. The first kappa shape index (κ1) is 19.0. The number of nitrogens with one attached hydrogen (secondary N) is 2. The van der Waals surface area contributed by atoms with Crippen LogP contribution in [0, 0.1) is 5.82 Å². The SMILES string of the molecule is CCC1CC(Nc2ncc(C(N)=O)c3[nH]c4ccc(F)cc4c23)CCN1C(=O)O. The molecule has 1 saturated heterocycles. The second kappa shape index (κ2) is 7.23. The Balaban J connectivity index is 1.75. The lowest BCUT2D eigenvalue weighted by Gasteiger charge is -2.37. The molecule has 5 N–H and O–H groups in total. The first-order valence-corrected chi connectivity index (χ1v) is 9.54. The average molecular weight is 399 g/mol. The van der Waals surface area contributed by atoms with Gasteiger partial charge in [-0.1, -0.05) is 6.92 Å². The number of primary amides is 1. The number of halogens is 1. The van der Waals surface area contributed by atoms with Crippen LogP contribution in [0.2, 0.25) is 0 Å². The maximum atomic E-state index is 13.9. The molecule has 0 saturated carbocycles. The van der Waals surface area contributed by atoms with E-state index in [4.69, 9.17) is 5.73 Å². The summed E-state index contributed by atoms with van der Waals surface area (Å²) in [5, 5.41) is 14.0. The van der Waals surface area contributed by atoms with Crippen LogP contribution in [0.1, 0.15) is 36.5 Å². The topological polar surface area (TPSA) is 124 Å². The summed E-state index contributed by atoms with van der Waals surface area (Å²) in [5.74, 6) is -0.498. The first-order valence-electron chi connectivity index (χ1n) is 9.54. The van der Waals surface area contributed by atoms with Gasteiger partial charge in [0.05, 0.1) is 16.5 Å². The van der Waals surface area contributed by atoms with Crippen LogP contribution in [0.4, 0.5) is 15.0 Å². The van der Waals surface area contributed by atoms with Crippen molar-refractivity contribution in [3.05, 3.63) is 35.8 Å². The number of carbonyl (C=O) groups excluding carboxylic acids is 1. The third kappa shape index (κ3) is 3.32. The number of H-pyrrole nitrogens is 1. The van der Waals surface area contributed by atoms with Crippen LogP contribution in [0.5, 0.6) is 0 Å². The van der Waals surface area contributed by atoms with Gasteiger partial charge in [-0.25, -0.2) is 14.2 Å². The third-order valence-electron chi connectivity index (χ3n) is 5.63. The quantitative estimate of drug-likeness (QED) is 0.536. The number of aromatic nitrogens is 2. The van der Waals surface area contributed by atoms with Crippen LogP contribution in [0.25, 0.3) is 21.8 Å². The van der Waals surface area contributed by atoms with Crippen molar-refractivity contribution >= 4 is 39.6 Å². The van der Waals surface area contributed by atoms with Crippen molar-refractivity contribution in [3.63, 3.8) is 0 Å². The minimum atomic E-state index is -0.909. The van der Waals surface area contributed by atoms with Crippen LogP contribution >= 0.6 is 0 Å². The highest BCUT2D eigenvalue weighted by atomic mass is 19.1. The van der Waals surface area contributed by atoms with E-state index < -0.39 is 17.8 Å². The number of benzene rings is 1. The molecule has 1 aliphatic rings. The molecule has 0 aliphatic carbocycles. The zero-order valence-electron chi connectivity index (χ0n) is 15.9. The lowest BCUT2D eigenvalue weighted by molar-refractivity contribution is 0.0998. The second-order valence-electron chi connectivity index (χ2n) is 7.35. The van der Waals surface area contributed by atoms with E-state index in [9.17, 15) is 19.1 Å². The first-order chi connectivity index (χ1) is 13.9. The molecule has 8 nitrogen and oxygen atoms in total. The maximum Gasteiger partial charge on any atom is 0.407 e. The van der Waals surface area contributed by atoms with Crippen molar-refractivity contribution in [2.24, 2.45) is 5.73 Å². The zero-order chi connectivity index (χ0) is 20.7. The third-order valence-corrected chi connectivity index (χ3v) is 5.63. The smallest absolute Gasteiger partial charge is 0.407 e. The lowest BCUT2D eigenvalue weighted by atomic mass is 9.95. The molecule has 2 amide bonds. The van der Waals surface area contributed by atoms with Crippen molar-refractivity contribution in [1.82, 2.24) is 14.9 Å². The number of amides is 2. The van der Waals surface area contributed by atoms with E-state index >= 15 is 0 Å². The maximum absolute atomic E-state index is 13.9. The molecule has 152 valence electrons. The molecule has 0 spiro atoms. The van der Waals surface area contributed by atoms with Crippen molar-refractivity contribution in [1.29, 1.82) is 0 Å². The summed E-state index contributed by atoms with van der Waals surface area (Å²) in [6.45, 7) is 2.39. The average Bonchev–Trinajstić information content (AvgIpc) is 3.06. The number of nitrogens with zero attached hydrogens (tertiary/aromatic N) is 2. The van der Waals surface area contributed by atoms with Crippen LogP contribution in [-0.4, -0.2) is 50.6 Å². The summed E-state index contributed by atoms with van der Waals surface area (Å²) in [6.07, 6.45) is 2.48. The van der Waals surface area contributed by atoms with E-state index in [0.29, 0.717) is 53.4 Å². The number of hydrogen-bond acceptors (Lipinski definition) is 4. The van der Waals surface area contributed by atoms with Crippen molar-refractivity contribution in [3.8, 4) is 0 Å². The van der Waals surface area contributed by atoms with E-state index in [-0.39, 0.29) is 17.6 Å². The van der Waals surface area contributed by atoms with E-state index in [1.165, 1.54) is 23.2 Å². The summed E-state index contributed by atoms with van der Waals surface area (Å²) >= 11 is 0. The Bertz CT molecular complexity index is 1110. The Morgan fingerprint density at radius 3 is 2.93 bits per heavy atom. The highest BCUT2D eigenvalue weighted by molar-refractivity contribution is 6.18. The number of rotatable bonds is 4. The van der Waals surface area contributed by atoms with Gasteiger partial charge in [0.25, 0.3) is 5.91 Å². The van der Waals surface area contributed by atoms with Gasteiger partial charge < -0.3 is 26.0 Å². The molecule has 2 unspecified atom stereocenters. The van der Waals surface area contributed by atoms with Crippen molar-refractivity contribution in [2.45, 2.75) is 38.3 Å². The monoisotopic (exact) mass is 399 g/mol. The summed E-state index contributed by atoms with van der Waals surface area (Å²) in [6, 6.07) is 4.27. The van der Waals surface area contributed by atoms with Crippen molar-refractivity contribution in [2.75, 3.05) is 11.9 Å². The minimum Gasteiger partial charge on any atom is -0.465 e. The molecule has 0 radical (unpaired) electrons. The molecule has 29 heavy (non-hydrogen) atoms. The highest BCUT2D eigenvalue weighted by Gasteiger charge is 2.31. The molecular weight excluding hydrogens is 377 g/mol.